The Hall–Kier alpha value is -1.62. The molecular weight excluding hydrogens is 202 g/mol. The molecule has 1 atom stereocenters. The van der Waals surface area contributed by atoms with Crippen LogP contribution in [0.25, 0.3) is 10.9 Å². The number of aromatic amines is 1. The SMILES string of the molecule is C[C@@H]1CN(c2nccc3[nH]ncc23)CCN1. The first-order valence-electron chi connectivity index (χ1n) is 5.61. The standard InChI is InChI=1S/C11H15N5/c1-8-7-16(5-4-12-8)11-9-6-14-15-10(9)2-3-13-11/h2-3,6,8,12H,4-5,7H2,1H3,(H,14,15)/t8-/m1/s1. The Labute approximate surface area is 93.9 Å². The van der Waals surface area contributed by atoms with Crippen LogP contribution in [0.5, 0.6) is 0 Å². The topological polar surface area (TPSA) is 56.8 Å². The van der Waals surface area contributed by atoms with Crippen molar-refractivity contribution in [3.63, 3.8) is 0 Å². The van der Waals surface area contributed by atoms with Crippen molar-refractivity contribution in [3.8, 4) is 0 Å². The number of nitrogens with one attached hydrogen (secondary N) is 2. The van der Waals surface area contributed by atoms with Crippen molar-refractivity contribution in [1.82, 2.24) is 20.5 Å². The molecule has 0 spiro atoms. The van der Waals surface area contributed by atoms with E-state index in [0.717, 1.165) is 36.4 Å². The van der Waals surface area contributed by atoms with E-state index in [0.29, 0.717) is 6.04 Å². The first kappa shape index (κ1) is 9.59. The molecule has 0 unspecified atom stereocenters. The molecule has 5 heteroatoms. The molecule has 1 aliphatic rings. The van der Waals surface area contributed by atoms with Crippen LogP contribution in [-0.2, 0) is 0 Å². The zero-order chi connectivity index (χ0) is 11.0. The number of anilines is 1. The van der Waals surface area contributed by atoms with E-state index in [1.807, 2.05) is 18.5 Å². The van der Waals surface area contributed by atoms with Gasteiger partial charge in [-0.25, -0.2) is 4.98 Å². The summed E-state index contributed by atoms with van der Waals surface area (Å²) in [4.78, 5) is 6.79. The summed E-state index contributed by atoms with van der Waals surface area (Å²) in [5.74, 6) is 1.04. The summed E-state index contributed by atoms with van der Waals surface area (Å²) in [7, 11) is 0. The zero-order valence-corrected chi connectivity index (χ0v) is 9.27. The Balaban J connectivity index is 2.01. The molecule has 5 nitrogen and oxygen atoms in total. The number of piperazine rings is 1. The lowest BCUT2D eigenvalue weighted by Gasteiger charge is -2.32. The van der Waals surface area contributed by atoms with E-state index in [-0.39, 0.29) is 0 Å². The first-order chi connectivity index (χ1) is 7.84. The van der Waals surface area contributed by atoms with Crippen molar-refractivity contribution in [2.45, 2.75) is 13.0 Å². The van der Waals surface area contributed by atoms with Crippen LogP contribution < -0.4 is 10.2 Å². The summed E-state index contributed by atoms with van der Waals surface area (Å²) >= 11 is 0. The van der Waals surface area contributed by atoms with E-state index in [1.165, 1.54) is 0 Å². The number of aromatic nitrogens is 3. The minimum atomic E-state index is 0.512. The number of pyridine rings is 1. The van der Waals surface area contributed by atoms with E-state index in [2.05, 4.69) is 32.3 Å². The van der Waals surface area contributed by atoms with Crippen molar-refractivity contribution in [3.05, 3.63) is 18.5 Å². The van der Waals surface area contributed by atoms with Gasteiger partial charge in [-0.2, -0.15) is 5.10 Å². The highest BCUT2D eigenvalue weighted by Gasteiger charge is 2.18. The van der Waals surface area contributed by atoms with Crippen LogP contribution >= 0.6 is 0 Å². The van der Waals surface area contributed by atoms with Gasteiger partial charge >= 0.3 is 0 Å². The molecule has 3 rings (SSSR count). The summed E-state index contributed by atoms with van der Waals surface area (Å²) in [5, 5.41) is 11.6. The van der Waals surface area contributed by atoms with E-state index >= 15 is 0 Å². The van der Waals surface area contributed by atoms with Gasteiger partial charge in [-0.1, -0.05) is 0 Å². The summed E-state index contributed by atoms with van der Waals surface area (Å²) in [6, 6.07) is 2.47. The van der Waals surface area contributed by atoms with Crippen molar-refractivity contribution in [1.29, 1.82) is 0 Å². The molecule has 1 fully saturated rings. The van der Waals surface area contributed by atoms with E-state index in [1.54, 1.807) is 0 Å². The number of rotatable bonds is 1. The van der Waals surface area contributed by atoms with Crippen molar-refractivity contribution >= 4 is 16.7 Å². The van der Waals surface area contributed by atoms with Crippen LogP contribution in [0.15, 0.2) is 18.5 Å². The second-order valence-corrected chi connectivity index (χ2v) is 4.27. The van der Waals surface area contributed by atoms with Gasteiger partial charge in [0.2, 0.25) is 0 Å². The molecule has 16 heavy (non-hydrogen) atoms. The average Bonchev–Trinajstić information content (AvgIpc) is 2.76. The Morgan fingerprint density at radius 3 is 3.31 bits per heavy atom. The third-order valence-corrected chi connectivity index (χ3v) is 3.02. The fourth-order valence-corrected chi connectivity index (χ4v) is 2.23. The van der Waals surface area contributed by atoms with E-state index < -0.39 is 0 Å². The predicted octanol–water partition coefficient (Wildman–Crippen LogP) is 0.756. The lowest BCUT2D eigenvalue weighted by molar-refractivity contribution is 0.483. The van der Waals surface area contributed by atoms with Crippen LogP contribution in [0.2, 0.25) is 0 Å². The molecule has 2 aromatic rings. The van der Waals surface area contributed by atoms with Crippen LogP contribution in [0, 0.1) is 0 Å². The quantitative estimate of drug-likeness (QED) is 0.740. The smallest absolute Gasteiger partial charge is 0.139 e. The molecule has 1 aliphatic heterocycles. The van der Waals surface area contributed by atoms with Crippen LogP contribution in [0.4, 0.5) is 5.82 Å². The molecule has 2 aromatic heterocycles. The van der Waals surface area contributed by atoms with Gasteiger partial charge in [0.15, 0.2) is 0 Å². The second kappa shape index (κ2) is 3.75. The van der Waals surface area contributed by atoms with Gasteiger partial charge in [-0.05, 0) is 13.0 Å². The van der Waals surface area contributed by atoms with E-state index in [9.17, 15) is 0 Å². The summed E-state index contributed by atoms with van der Waals surface area (Å²) in [6.07, 6.45) is 3.69. The highest BCUT2D eigenvalue weighted by Crippen LogP contribution is 2.23. The Morgan fingerprint density at radius 1 is 1.50 bits per heavy atom. The van der Waals surface area contributed by atoms with Crippen molar-refractivity contribution < 1.29 is 0 Å². The molecule has 0 radical (unpaired) electrons. The van der Waals surface area contributed by atoms with Gasteiger partial charge in [0, 0.05) is 31.9 Å². The van der Waals surface area contributed by atoms with Gasteiger partial charge in [-0.3, -0.25) is 5.10 Å². The highest BCUT2D eigenvalue weighted by atomic mass is 15.2. The normalized spacial score (nSPS) is 21.6. The summed E-state index contributed by atoms with van der Waals surface area (Å²) < 4.78 is 0. The average molecular weight is 217 g/mol. The number of hydrogen-bond donors (Lipinski definition) is 2. The minimum Gasteiger partial charge on any atom is -0.353 e. The maximum atomic E-state index is 4.48. The highest BCUT2D eigenvalue weighted by molar-refractivity contribution is 5.88. The molecule has 0 aromatic carbocycles. The lowest BCUT2D eigenvalue weighted by atomic mass is 10.2. The molecule has 2 N–H and O–H groups in total. The van der Waals surface area contributed by atoms with Crippen molar-refractivity contribution in [2.24, 2.45) is 0 Å². The minimum absolute atomic E-state index is 0.512. The lowest BCUT2D eigenvalue weighted by Crippen LogP contribution is -2.49. The molecule has 0 aliphatic carbocycles. The maximum absolute atomic E-state index is 4.48. The Bertz CT molecular complexity index is 492. The van der Waals surface area contributed by atoms with E-state index in [4.69, 9.17) is 0 Å². The van der Waals surface area contributed by atoms with Gasteiger partial charge < -0.3 is 10.2 Å². The third-order valence-electron chi connectivity index (χ3n) is 3.02. The maximum Gasteiger partial charge on any atom is 0.139 e. The van der Waals surface area contributed by atoms with Crippen LogP contribution in [0.1, 0.15) is 6.92 Å². The van der Waals surface area contributed by atoms with Gasteiger partial charge in [0.1, 0.15) is 5.82 Å². The fourth-order valence-electron chi connectivity index (χ4n) is 2.23. The van der Waals surface area contributed by atoms with Gasteiger partial charge in [0.05, 0.1) is 17.1 Å². The molecule has 0 saturated carbocycles. The second-order valence-electron chi connectivity index (χ2n) is 4.27. The Morgan fingerprint density at radius 2 is 2.44 bits per heavy atom. The van der Waals surface area contributed by atoms with Crippen molar-refractivity contribution in [2.75, 3.05) is 24.5 Å². The Kier molecular flexibility index (Phi) is 2.25. The van der Waals surface area contributed by atoms with Crippen LogP contribution in [0.3, 0.4) is 0 Å². The monoisotopic (exact) mass is 217 g/mol. The third kappa shape index (κ3) is 1.53. The summed E-state index contributed by atoms with van der Waals surface area (Å²) in [6.45, 7) is 5.21. The van der Waals surface area contributed by atoms with Gasteiger partial charge in [0.25, 0.3) is 0 Å². The molecule has 0 bridgehead atoms. The van der Waals surface area contributed by atoms with Gasteiger partial charge in [-0.15, -0.1) is 0 Å². The number of nitrogens with zero attached hydrogens (tertiary/aromatic N) is 3. The molecule has 3 heterocycles. The molecule has 84 valence electrons. The summed E-state index contributed by atoms with van der Waals surface area (Å²) in [5.41, 5.74) is 1.05. The molecular formula is C11H15N5. The molecule has 0 amide bonds. The first-order valence-corrected chi connectivity index (χ1v) is 5.61. The fraction of sp³-hybridized carbons (Fsp3) is 0.455. The number of hydrogen-bond acceptors (Lipinski definition) is 4. The predicted molar refractivity (Wildman–Crippen MR) is 63.6 cm³/mol. The number of fused-ring (bicyclic) bond motifs is 1. The zero-order valence-electron chi connectivity index (χ0n) is 9.27. The van der Waals surface area contributed by atoms with Crippen LogP contribution in [-0.4, -0.2) is 40.9 Å². The molecule has 1 saturated heterocycles. The largest absolute Gasteiger partial charge is 0.353 e. The number of H-pyrrole nitrogens is 1.